The van der Waals surface area contributed by atoms with Crippen LogP contribution in [0.1, 0.15) is 62.0 Å². The zero-order valence-corrected chi connectivity index (χ0v) is 25.0. The van der Waals surface area contributed by atoms with Crippen molar-refractivity contribution in [3.8, 4) is 0 Å². The van der Waals surface area contributed by atoms with Crippen LogP contribution in [-0.4, -0.2) is 43.7 Å². The fourth-order valence-electron chi connectivity index (χ4n) is 8.86. The maximum atomic E-state index is 16.0. The minimum atomic E-state index is -1.48. The lowest BCUT2D eigenvalue weighted by Gasteiger charge is -2.59. The smallest absolute Gasteiger partial charge is 0.236 e. The summed E-state index contributed by atoms with van der Waals surface area (Å²) in [7, 11) is 0. The van der Waals surface area contributed by atoms with Crippen molar-refractivity contribution in [2.45, 2.75) is 62.4 Å². The van der Waals surface area contributed by atoms with Gasteiger partial charge in [-0.2, -0.15) is 0 Å². The van der Waals surface area contributed by atoms with Crippen LogP contribution in [0.4, 0.5) is 18.9 Å². The number of amides is 2. The van der Waals surface area contributed by atoms with Gasteiger partial charge in [-0.15, -0.1) is 0 Å². The summed E-state index contributed by atoms with van der Waals surface area (Å²) in [5.41, 5.74) is 2.65. The Morgan fingerprint density at radius 3 is 2.47 bits per heavy atom. The Balaban J connectivity index is 1.45. The third-order valence-electron chi connectivity index (χ3n) is 10.4. The van der Waals surface area contributed by atoms with Crippen molar-refractivity contribution in [1.29, 1.82) is 0 Å². The minimum Gasteiger partial charge on any atom is -0.377 e. The van der Waals surface area contributed by atoms with Crippen molar-refractivity contribution in [3.05, 3.63) is 63.4 Å². The van der Waals surface area contributed by atoms with E-state index in [1.54, 1.807) is 30.3 Å². The van der Waals surface area contributed by atoms with Crippen LogP contribution in [0.3, 0.4) is 0 Å². The van der Waals surface area contributed by atoms with E-state index in [9.17, 15) is 23.2 Å². The number of fused-ring (bicyclic) bond motifs is 3. The second-order valence-corrected chi connectivity index (χ2v) is 13.9. The van der Waals surface area contributed by atoms with E-state index < -0.39 is 59.1 Å². The molecule has 230 valence electrons. The molecule has 2 aliphatic carbocycles. The number of alkyl halides is 2. The number of carbonyl (C=O) groups excluding carboxylic acids is 3. The average Bonchev–Trinajstić information content (AvgIpc) is 3.42. The Morgan fingerprint density at radius 1 is 1.07 bits per heavy atom. The number of ketones is 1. The van der Waals surface area contributed by atoms with E-state index in [1.165, 1.54) is 6.07 Å². The van der Waals surface area contributed by atoms with Gasteiger partial charge in [0.15, 0.2) is 0 Å². The molecular weight excluding hydrogens is 604 g/mol. The second-order valence-electron chi connectivity index (χ2n) is 13.0. The van der Waals surface area contributed by atoms with E-state index in [-0.39, 0.29) is 67.1 Å². The summed E-state index contributed by atoms with van der Waals surface area (Å²) in [6.45, 7) is -1.55. The predicted molar refractivity (Wildman–Crippen MR) is 156 cm³/mol. The van der Waals surface area contributed by atoms with Crippen molar-refractivity contribution < 1.29 is 32.3 Å². The third-order valence-corrected chi connectivity index (χ3v) is 11.0. The summed E-state index contributed by atoms with van der Waals surface area (Å²) in [6, 6.07) is 9.48. The molecular formula is C32H33Cl2F3N2O4. The van der Waals surface area contributed by atoms with Crippen LogP contribution in [0.15, 0.2) is 36.4 Å². The molecule has 3 fully saturated rings. The summed E-state index contributed by atoms with van der Waals surface area (Å²) in [5, 5.41) is 3.15. The Bertz CT molecular complexity index is 1470. The topological polar surface area (TPSA) is 98.5 Å². The number of hydrogen-bond donors (Lipinski definition) is 2. The van der Waals surface area contributed by atoms with E-state index >= 15 is 4.39 Å². The molecule has 4 aliphatic rings. The molecule has 6 nitrogen and oxygen atoms in total. The molecule has 0 unspecified atom stereocenters. The number of nitrogens with one attached hydrogen (secondary N) is 1. The Hall–Kier alpha value is -2.62. The van der Waals surface area contributed by atoms with Crippen LogP contribution in [-0.2, 0) is 24.5 Å². The van der Waals surface area contributed by atoms with Crippen LogP contribution < -0.4 is 11.1 Å². The second kappa shape index (κ2) is 11.1. The fourth-order valence-corrected chi connectivity index (χ4v) is 9.21. The largest absolute Gasteiger partial charge is 0.377 e. The number of rotatable bonds is 8. The summed E-state index contributed by atoms with van der Waals surface area (Å²) in [4.78, 5) is 40.0. The molecule has 2 aromatic carbocycles. The Morgan fingerprint density at radius 2 is 1.81 bits per heavy atom. The van der Waals surface area contributed by atoms with Gasteiger partial charge in [-0.3, -0.25) is 23.2 Å². The summed E-state index contributed by atoms with van der Waals surface area (Å²) >= 11 is 12.5. The molecule has 2 aromatic rings. The number of nitrogens with two attached hydrogens (primary N) is 1. The monoisotopic (exact) mass is 636 g/mol. The van der Waals surface area contributed by atoms with Gasteiger partial charge >= 0.3 is 0 Å². The number of benzene rings is 2. The van der Waals surface area contributed by atoms with Crippen LogP contribution in [0, 0.1) is 28.5 Å². The molecule has 0 aromatic heterocycles. The molecule has 1 saturated heterocycles. The van der Waals surface area contributed by atoms with Crippen LogP contribution in [0.25, 0.3) is 0 Å². The first kappa shape index (κ1) is 30.4. The summed E-state index contributed by atoms with van der Waals surface area (Å²) in [5.74, 6) is -3.75. The molecule has 2 heterocycles. The van der Waals surface area contributed by atoms with Gasteiger partial charge in [0.05, 0.1) is 42.9 Å². The zero-order valence-electron chi connectivity index (χ0n) is 23.4. The highest BCUT2D eigenvalue weighted by Gasteiger charge is 2.77. The highest BCUT2D eigenvalue weighted by Crippen LogP contribution is 2.77. The molecule has 0 radical (unpaired) electrons. The molecule has 2 saturated carbocycles. The summed E-state index contributed by atoms with van der Waals surface area (Å²) < 4.78 is 50.4. The lowest BCUT2D eigenvalue weighted by Crippen LogP contribution is -2.61. The van der Waals surface area contributed by atoms with Gasteiger partial charge in [-0.1, -0.05) is 41.4 Å². The van der Waals surface area contributed by atoms with Crippen molar-refractivity contribution in [2.75, 3.05) is 25.3 Å². The standard InChI is InChI=1S/C32H33Cl2F3N2O4/c33-18-5-7-22-24(9-18)39-29(42)32(22)27(20-2-1-3-23(34)28(20)37)21(11-31(32)13-30(14-31,15-35)16-36)25(40)8-17-4-6-19(43-12-17)10-26(38)41/h1-3,5,7,9,17,19,21,27H,4,6,8,10-16H2,(H2,38,41)(H,39,42)/t17-,19-,21-,27-,32+/m0/s1. The normalized spacial score (nSPS) is 30.2. The molecule has 2 aliphatic heterocycles. The zero-order chi connectivity index (χ0) is 30.7. The first-order chi connectivity index (χ1) is 20.5. The van der Waals surface area contributed by atoms with Gasteiger partial charge in [0.1, 0.15) is 11.6 Å². The van der Waals surface area contributed by atoms with Crippen LogP contribution in [0.5, 0.6) is 0 Å². The molecule has 3 N–H and O–H groups in total. The molecule has 0 bridgehead atoms. The number of halogens is 5. The highest BCUT2D eigenvalue weighted by molar-refractivity contribution is 6.31. The van der Waals surface area contributed by atoms with E-state index in [2.05, 4.69) is 5.32 Å². The predicted octanol–water partition coefficient (Wildman–Crippen LogP) is 6.46. The lowest BCUT2D eigenvalue weighted by molar-refractivity contribution is -0.143. The van der Waals surface area contributed by atoms with Gasteiger partial charge < -0.3 is 15.8 Å². The first-order valence-corrected chi connectivity index (χ1v) is 15.3. The van der Waals surface area contributed by atoms with Crippen molar-refractivity contribution in [2.24, 2.45) is 28.4 Å². The molecule has 2 amide bonds. The number of primary amides is 1. The number of ether oxygens (including phenoxy) is 1. The van der Waals surface area contributed by atoms with E-state index in [0.29, 0.717) is 29.1 Å². The van der Waals surface area contributed by atoms with Crippen molar-refractivity contribution in [1.82, 2.24) is 0 Å². The lowest BCUT2D eigenvalue weighted by atomic mass is 9.43. The quantitative estimate of drug-likeness (QED) is 0.347. The number of carbonyl (C=O) groups is 3. The van der Waals surface area contributed by atoms with Crippen molar-refractivity contribution in [3.63, 3.8) is 0 Å². The third kappa shape index (κ3) is 4.68. The molecule has 5 atom stereocenters. The first-order valence-electron chi connectivity index (χ1n) is 14.6. The van der Waals surface area contributed by atoms with E-state index in [1.807, 2.05) is 0 Å². The number of hydrogen-bond acceptors (Lipinski definition) is 4. The molecule has 2 spiro atoms. The maximum Gasteiger partial charge on any atom is 0.236 e. The SMILES string of the molecule is NC(=O)C[C@@H]1CC[C@@H](CC(=O)[C@@H]2CC3(CC(CF)(CF)C3)[C@@]3(C(=O)Nc4cc(Cl)ccc43)[C@H]2c2cccc(Cl)c2F)CO1. The molecule has 11 heteroatoms. The van der Waals surface area contributed by atoms with Gasteiger partial charge in [0.25, 0.3) is 0 Å². The van der Waals surface area contributed by atoms with Crippen molar-refractivity contribution >= 4 is 46.5 Å². The number of anilines is 1. The summed E-state index contributed by atoms with van der Waals surface area (Å²) in [6.07, 6.45) is 1.36. The fraction of sp³-hybridized carbons (Fsp3) is 0.531. The molecule has 6 rings (SSSR count). The van der Waals surface area contributed by atoms with Gasteiger partial charge in [-0.25, -0.2) is 4.39 Å². The van der Waals surface area contributed by atoms with Crippen LogP contribution in [0.2, 0.25) is 10.0 Å². The van der Waals surface area contributed by atoms with E-state index in [4.69, 9.17) is 33.7 Å². The highest BCUT2D eigenvalue weighted by atomic mass is 35.5. The van der Waals surface area contributed by atoms with Gasteiger partial charge in [0, 0.05) is 34.4 Å². The minimum absolute atomic E-state index is 0.0340. The van der Waals surface area contributed by atoms with E-state index in [0.717, 1.165) is 0 Å². The van der Waals surface area contributed by atoms with Crippen LogP contribution >= 0.6 is 23.2 Å². The van der Waals surface area contributed by atoms with Gasteiger partial charge in [-0.05, 0) is 72.8 Å². The Kier molecular flexibility index (Phi) is 7.83. The number of Topliss-reactive ketones (excluding diaryl/α,β-unsaturated/α-hetero) is 1. The van der Waals surface area contributed by atoms with Gasteiger partial charge in [0.2, 0.25) is 11.8 Å². The Labute approximate surface area is 257 Å². The maximum absolute atomic E-state index is 16.0. The molecule has 43 heavy (non-hydrogen) atoms. The average molecular weight is 638 g/mol.